The number of nitrogens with two attached hydrogens (primary N) is 1. The summed E-state index contributed by atoms with van der Waals surface area (Å²) in [4.78, 5) is 12.8. The Bertz CT molecular complexity index is 449. The van der Waals surface area contributed by atoms with Crippen LogP contribution in [0.15, 0.2) is 24.3 Å². The van der Waals surface area contributed by atoms with Crippen LogP contribution in [0, 0.1) is 0 Å². The van der Waals surface area contributed by atoms with Crippen molar-refractivity contribution in [2.45, 2.75) is 19.1 Å². The van der Waals surface area contributed by atoms with Crippen LogP contribution in [0.4, 0.5) is 18.9 Å². The van der Waals surface area contributed by atoms with Crippen molar-refractivity contribution in [2.24, 2.45) is 5.73 Å². The minimum atomic E-state index is -4.25. The summed E-state index contributed by atoms with van der Waals surface area (Å²) in [5.74, 6) is -0.333. The molecule has 0 heterocycles. The third-order valence-electron chi connectivity index (χ3n) is 2.68. The molecule has 7 heteroatoms. The van der Waals surface area contributed by atoms with E-state index >= 15 is 0 Å². The number of anilines is 1. The van der Waals surface area contributed by atoms with Gasteiger partial charge in [0.15, 0.2) is 0 Å². The zero-order chi connectivity index (χ0) is 15.2. The molecule has 0 aliphatic heterocycles. The van der Waals surface area contributed by atoms with Gasteiger partial charge in [0, 0.05) is 25.2 Å². The monoisotopic (exact) mass is 289 g/mol. The number of nitrogens with zero attached hydrogens (tertiary/aromatic N) is 1. The Labute approximate surface area is 115 Å². The number of benzene rings is 1. The van der Waals surface area contributed by atoms with Crippen LogP contribution in [0.5, 0.6) is 0 Å². The molecule has 3 N–H and O–H groups in total. The first-order chi connectivity index (χ1) is 9.31. The van der Waals surface area contributed by atoms with E-state index < -0.39 is 12.7 Å². The highest BCUT2D eigenvalue weighted by atomic mass is 19.4. The van der Waals surface area contributed by atoms with Gasteiger partial charge in [0.1, 0.15) is 0 Å². The molecule has 1 rings (SSSR count). The van der Waals surface area contributed by atoms with Crippen LogP contribution in [0.2, 0.25) is 0 Å². The number of carbonyl (C=O) groups excluding carboxylic acids is 1. The molecule has 0 saturated carbocycles. The van der Waals surface area contributed by atoms with E-state index in [1.807, 2.05) is 0 Å². The molecular formula is C13H18F3N3O. The number of para-hydroxylation sites is 1. The van der Waals surface area contributed by atoms with Gasteiger partial charge in [-0.25, -0.2) is 0 Å². The molecule has 0 atom stereocenters. The largest absolute Gasteiger partial charge is 0.401 e. The molecule has 0 radical (unpaired) electrons. The summed E-state index contributed by atoms with van der Waals surface area (Å²) in [6, 6.07) is 7.05. The van der Waals surface area contributed by atoms with Crippen molar-refractivity contribution >= 4 is 11.6 Å². The van der Waals surface area contributed by atoms with Crippen molar-refractivity contribution in [3.8, 4) is 0 Å². The normalized spacial score (nSPS) is 11.7. The molecule has 4 nitrogen and oxygen atoms in total. The van der Waals surface area contributed by atoms with Gasteiger partial charge in [0.25, 0.3) is 0 Å². The number of carbonyl (C=O) groups is 1. The van der Waals surface area contributed by atoms with Crippen molar-refractivity contribution in [3.05, 3.63) is 29.8 Å². The summed E-state index contributed by atoms with van der Waals surface area (Å²) in [6.45, 7) is -0.708. The van der Waals surface area contributed by atoms with E-state index in [4.69, 9.17) is 5.73 Å². The molecule has 0 bridgehead atoms. The van der Waals surface area contributed by atoms with Gasteiger partial charge in [-0.3, -0.25) is 9.69 Å². The first kappa shape index (κ1) is 16.5. The lowest BCUT2D eigenvalue weighted by atomic mass is 10.1. The summed E-state index contributed by atoms with van der Waals surface area (Å²) >= 11 is 0. The molecule has 0 spiro atoms. The third kappa shape index (κ3) is 6.03. The van der Waals surface area contributed by atoms with Crippen molar-refractivity contribution < 1.29 is 18.0 Å². The van der Waals surface area contributed by atoms with E-state index in [1.54, 1.807) is 24.3 Å². The second-order valence-electron chi connectivity index (χ2n) is 4.51. The van der Waals surface area contributed by atoms with Gasteiger partial charge in [0.2, 0.25) is 5.91 Å². The van der Waals surface area contributed by atoms with Crippen molar-refractivity contribution in [1.29, 1.82) is 0 Å². The molecule has 0 aromatic heterocycles. The number of amides is 1. The maximum atomic E-state index is 12.1. The fraction of sp³-hybridized carbons (Fsp3) is 0.462. The second-order valence-corrected chi connectivity index (χ2v) is 4.51. The maximum absolute atomic E-state index is 12.1. The average molecular weight is 289 g/mol. The summed E-state index contributed by atoms with van der Waals surface area (Å²) in [5.41, 5.74) is 6.91. The van der Waals surface area contributed by atoms with Gasteiger partial charge < -0.3 is 11.1 Å². The Kier molecular flexibility index (Phi) is 5.97. The Morgan fingerprint density at radius 1 is 1.35 bits per heavy atom. The van der Waals surface area contributed by atoms with Gasteiger partial charge in [-0.15, -0.1) is 0 Å². The van der Waals surface area contributed by atoms with Crippen LogP contribution >= 0.6 is 0 Å². The first-order valence-electron chi connectivity index (χ1n) is 6.15. The van der Waals surface area contributed by atoms with Crippen molar-refractivity contribution in [2.75, 3.05) is 25.5 Å². The lowest BCUT2D eigenvalue weighted by Crippen LogP contribution is -2.33. The van der Waals surface area contributed by atoms with E-state index in [0.717, 1.165) is 10.5 Å². The Balaban J connectivity index is 2.44. The Morgan fingerprint density at radius 3 is 2.60 bits per heavy atom. The molecule has 0 unspecified atom stereocenters. The predicted octanol–water partition coefficient (Wildman–Crippen LogP) is 1.97. The topological polar surface area (TPSA) is 58.4 Å². The van der Waals surface area contributed by atoms with Gasteiger partial charge >= 0.3 is 6.18 Å². The minimum Gasteiger partial charge on any atom is -0.326 e. The second kappa shape index (κ2) is 7.25. The van der Waals surface area contributed by atoms with E-state index in [1.165, 1.54) is 7.05 Å². The number of halogens is 3. The number of alkyl halides is 3. The van der Waals surface area contributed by atoms with Gasteiger partial charge in [0.05, 0.1) is 6.54 Å². The quantitative estimate of drug-likeness (QED) is 0.841. The summed E-state index contributed by atoms with van der Waals surface area (Å²) < 4.78 is 36.4. The number of hydrogen-bond acceptors (Lipinski definition) is 3. The molecule has 1 aromatic rings. The number of hydrogen-bond donors (Lipinski definition) is 2. The van der Waals surface area contributed by atoms with E-state index in [2.05, 4.69) is 5.32 Å². The van der Waals surface area contributed by atoms with Crippen LogP contribution in [-0.2, 0) is 11.3 Å². The molecular weight excluding hydrogens is 271 g/mol. The minimum absolute atomic E-state index is 0.00845. The van der Waals surface area contributed by atoms with Crippen LogP contribution in [0.25, 0.3) is 0 Å². The molecule has 0 aliphatic carbocycles. The first-order valence-corrected chi connectivity index (χ1v) is 6.15. The number of nitrogens with one attached hydrogen (secondary N) is 1. The van der Waals surface area contributed by atoms with Crippen LogP contribution < -0.4 is 11.1 Å². The molecule has 112 valence electrons. The predicted molar refractivity (Wildman–Crippen MR) is 71.1 cm³/mol. The fourth-order valence-electron chi connectivity index (χ4n) is 1.71. The standard InChI is InChI=1S/C13H18F3N3O/c1-19(9-13(14,15)16)7-6-12(20)18-11-5-3-2-4-10(11)8-17/h2-5H,6-9,17H2,1H3,(H,18,20). The maximum Gasteiger partial charge on any atom is 0.401 e. The van der Waals surface area contributed by atoms with E-state index in [-0.39, 0.29) is 25.4 Å². The van der Waals surface area contributed by atoms with Gasteiger partial charge in [-0.1, -0.05) is 18.2 Å². The molecule has 0 aliphatic rings. The van der Waals surface area contributed by atoms with Crippen LogP contribution in [-0.4, -0.2) is 37.1 Å². The van der Waals surface area contributed by atoms with Crippen LogP contribution in [0.3, 0.4) is 0 Å². The van der Waals surface area contributed by atoms with Gasteiger partial charge in [-0.2, -0.15) is 13.2 Å². The molecule has 0 saturated heterocycles. The summed E-state index contributed by atoms with van der Waals surface area (Å²) in [6.07, 6.45) is -4.26. The zero-order valence-electron chi connectivity index (χ0n) is 11.2. The smallest absolute Gasteiger partial charge is 0.326 e. The van der Waals surface area contributed by atoms with Crippen molar-refractivity contribution in [1.82, 2.24) is 4.90 Å². The molecule has 20 heavy (non-hydrogen) atoms. The van der Waals surface area contributed by atoms with Gasteiger partial charge in [-0.05, 0) is 18.7 Å². The summed E-state index contributed by atoms with van der Waals surface area (Å²) in [7, 11) is 1.33. The Hall–Kier alpha value is -1.60. The lowest BCUT2D eigenvalue weighted by molar-refractivity contribution is -0.144. The highest BCUT2D eigenvalue weighted by Crippen LogP contribution is 2.16. The molecule has 1 amide bonds. The molecule has 0 fully saturated rings. The summed E-state index contributed by atoms with van der Waals surface area (Å²) in [5, 5.41) is 2.65. The van der Waals surface area contributed by atoms with E-state index in [9.17, 15) is 18.0 Å². The van der Waals surface area contributed by atoms with Crippen LogP contribution in [0.1, 0.15) is 12.0 Å². The highest BCUT2D eigenvalue weighted by molar-refractivity contribution is 5.91. The fourth-order valence-corrected chi connectivity index (χ4v) is 1.71. The molecule has 1 aromatic carbocycles. The Morgan fingerprint density at radius 2 is 2.00 bits per heavy atom. The lowest BCUT2D eigenvalue weighted by Gasteiger charge is -2.18. The average Bonchev–Trinajstić information content (AvgIpc) is 2.35. The van der Waals surface area contributed by atoms with E-state index in [0.29, 0.717) is 5.69 Å². The third-order valence-corrected chi connectivity index (χ3v) is 2.68. The van der Waals surface area contributed by atoms with Crippen molar-refractivity contribution in [3.63, 3.8) is 0 Å². The SMILES string of the molecule is CN(CCC(=O)Nc1ccccc1CN)CC(F)(F)F. The number of rotatable bonds is 6. The zero-order valence-corrected chi connectivity index (χ0v) is 11.2. The highest BCUT2D eigenvalue weighted by Gasteiger charge is 2.29.